The van der Waals surface area contributed by atoms with Gasteiger partial charge in [0.1, 0.15) is 0 Å². The number of halogens is 2. The lowest BCUT2D eigenvalue weighted by Gasteiger charge is -2.09. The fourth-order valence-corrected chi connectivity index (χ4v) is 1.91. The Morgan fingerprint density at radius 3 is 2.89 bits per heavy atom. The number of nitrogens with one attached hydrogen (secondary N) is 1. The summed E-state index contributed by atoms with van der Waals surface area (Å²) in [5, 5.41) is 3.27. The van der Waals surface area contributed by atoms with Crippen molar-refractivity contribution < 1.29 is 4.79 Å². The van der Waals surface area contributed by atoms with Crippen LogP contribution in [0.2, 0.25) is 5.02 Å². The van der Waals surface area contributed by atoms with Crippen molar-refractivity contribution in [3.8, 4) is 0 Å². The van der Waals surface area contributed by atoms with Crippen LogP contribution in [0.15, 0.2) is 41.1 Å². The molecule has 0 atom stereocenters. The first-order valence-electron chi connectivity index (χ1n) is 5.04. The molecule has 1 amide bonds. The van der Waals surface area contributed by atoms with Crippen LogP contribution in [0.1, 0.15) is 10.4 Å². The lowest BCUT2D eigenvalue weighted by atomic mass is 10.2. The van der Waals surface area contributed by atoms with Crippen LogP contribution in [0.3, 0.4) is 0 Å². The van der Waals surface area contributed by atoms with Crippen LogP contribution in [-0.2, 0) is 0 Å². The maximum Gasteiger partial charge on any atom is 0.257 e. The summed E-state index contributed by atoms with van der Waals surface area (Å²) >= 11 is 9.20. The van der Waals surface area contributed by atoms with Gasteiger partial charge >= 0.3 is 0 Å². The van der Waals surface area contributed by atoms with Crippen molar-refractivity contribution in [2.24, 2.45) is 0 Å². The van der Waals surface area contributed by atoms with E-state index < -0.39 is 0 Å². The minimum atomic E-state index is -0.308. The second-order valence-electron chi connectivity index (χ2n) is 3.54. The largest absolute Gasteiger partial charge is 0.397 e. The molecule has 0 aliphatic heterocycles. The topological polar surface area (TPSA) is 68.0 Å². The Morgan fingerprint density at radius 2 is 2.17 bits per heavy atom. The number of nitrogen functional groups attached to an aromatic ring is 1. The lowest BCUT2D eigenvalue weighted by molar-refractivity contribution is 0.102. The van der Waals surface area contributed by atoms with E-state index in [1.165, 1.54) is 12.4 Å². The van der Waals surface area contributed by atoms with E-state index in [4.69, 9.17) is 17.3 Å². The van der Waals surface area contributed by atoms with Gasteiger partial charge in [0.05, 0.1) is 23.1 Å². The van der Waals surface area contributed by atoms with Gasteiger partial charge in [-0.2, -0.15) is 0 Å². The first-order valence-corrected chi connectivity index (χ1v) is 6.21. The molecular formula is C12H9BrClN3O. The van der Waals surface area contributed by atoms with Gasteiger partial charge in [-0.1, -0.05) is 11.6 Å². The van der Waals surface area contributed by atoms with Gasteiger partial charge in [0.15, 0.2) is 0 Å². The molecule has 0 radical (unpaired) electrons. The second-order valence-corrected chi connectivity index (χ2v) is 4.83. The maximum atomic E-state index is 12.0. The van der Waals surface area contributed by atoms with Crippen LogP contribution in [0.5, 0.6) is 0 Å². The minimum Gasteiger partial charge on any atom is -0.397 e. The van der Waals surface area contributed by atoms with E-state index in [1.807, 2.05) is 0 Å². The number of amides is 1. The first kappa shape index (κ1) is 12.9. The normalized spacial score (nSPS) is 10.1. The van der Waals surface area contributed by atoms with Gasteiger partial charge in [0, 0.05) is 15.7 Å². The van der Waals surface area contributed by atoms with E-state index in [0.29, 0.717) is 22.0 Å². The highest BCUT2D eigenvalue weighted by Crippen LogP contribution is 2.26. The SMILES string of the molecule is Nc1cnccc1C(=O)Nc1cc(Cl)ccc1Br. The Kier molecular flexibility index (Phi) is 3.84. The van der Waals surface area contributed by atoms with Crippen molar-refractivity contribution in [2.75, 3.05) is 11.1 Å². The third-order valence-corrected chi connectivity index (χ3v) is 3.20. The molecule has 1 aromatic heterocycles. The van der Waals surface area contributed by atoms with Crippen LogP contribution in [-0.4, -0.2) is 10.9 Å². The van der Waals surface area contributed by atoms with Crippen molar-refractivity contribution in [3.05, 3.63) is 51.7 Å². The maximum absolute atomic E-state index is 12.0. The van der Waals surface area contributed by atoms with Crippen molar-refractivity contribution in [3.63, 3.8) is 0 Å². The molecule has 18 heavy (non-hydrogen) atoms. The molecule has 0 fully saturated rings. The summed E-state index contributed by atoms with van der Waals surface area (Å²) in [6.45, 7) is 0. The van der Waals surface area contributed by atoms with Crippen LogP contribution in [0, 0.1) is 0 Å². The average molecular weight is 327 g/mol. The van der Waals surface area contributed by atoms with E-state index in [9.17, 15) is 4.79 Å². The van der Waals surface area contributed by atoms with Crippen LogP contribution >= 0.6 is 27.5 Å². The summed E-state index contributed by atoms with van der Waals surface area (Å²) in [6.07, 6.45) is 2.94. The zero-order chi connectivity index (χ0) is 13.1. The van der Waals surface area contributed by atoms with Crippen molar-refractivity contribution in [2.45, 2.75) is 0 Å². The number of rotatable bonds is 2. The molecule has 0 bridgehead atoms. The molecule has 2 aromatic rings. The smallest absolute Gasteiger partial charge is 0.257 e. The fraction of sp³-hybridized carbons (Fsp3) is 0. The molecule has 0 aliphatic carbocycles. The van der Waals surface area contributed by atoms with E-state index in [2.05, 4.69) is 26.2 Å². The Balaban J connectivity index is 2.27. The third-order valence-electron chi connectivity index (χ3n) is 2.27. The highest BCUT2D eigenvalue weighted by atomic mass is 79.9. The monoisotopic (exact) mass is 325 g/mol. The summed E-state index contributed by atoms with van der Waals surface area (Å²) in [5.41, 5.74) is 6.97. The van der Waals surface area contributed by atoms with Gasteiger partial charge in [-0.25, -0.2) is 0 Å². The summed E-state index contributed by atoms with van der Waals surface area (Å²) in [7, 11) is 0. The number of benzene rings is 1. The molecule has 0 saturated carbocycles. The van der Waals surface area contributed by atoms with Gasteiger partial charge in [-0.05, 0) is 40.2 Å². The number of carbonyl (C=O) groups excluding carboxylic acids is 1. The van der Waals surface area contributed by atoms with E-state index in [0.717, 1.165) is 4.47 Å². The third kappa shape index (κ3) is 2.80. The van der Waals surface area contributed by atoms with Crippen molar-refractivity contribution in [1.29, 1.82) is 0 Å². The number of pyridine rings is 1. The number of carbonyl (C=O) groups is 1. The molecule has 0 spiro atoms. The first-order chi connectivity index (χ1) is 8.58. The van der Waals surface area contributed by atoms with Crippen LogP contribution in [0.4, 0.5) is 11.4 Å². The number of nitrogens with zero attached hydrogens (tertiary/aromatic N) is 1. The highest BCUT2D eigenvalue weighted by molar-refractivity contribution is 9.10. The summed E-state index contributed by atoms with van der Waals surface area (Å²) < 4.78 is 0.743. The van der Waals surface area contributed by atoms with E-state index in [1.54, 1.807) is 24.3 Å². The quantitative estimate of drug-likeness (QED) is 0.889. The molecule has 6 heteroatoms. The number of hydrogen-bond acceptors (Lipinski definition) is 3. The van der Waals surface area contributed by atoms with Crippen LogP contribution < -0.4 is 11.1 Å². The number of anilines is 2. The molecule has 3 N–H and O–H groups in total. The van der Waals surface area contributed by atoms with Gasteiger partial charge in [-0.15, -0.1) is 0 Å². The van der Waals surface area contributed by atoms with Crippen molar-refractivity contribution >= 4 is 44.8 Å². The molecule has 0 aliphatic rings. The summed E-state index contributed by atoms with van der Waals surface area (Å²) in [5.74, 6) is -0.308. The number of aromatic nitrogens is 1. The molecular weight excluding hydrogens is 318 g/mol. The standard InChI is InChI=1S/C12H9BrClN3O/c13-9-2-1-7(14)5-11(9)17-12(18)8-3-4-16-6-10(8)15/h1-6H,15H2,(H,17,18). The highest BCUT2D eigenvalue weighted by Gasteiger charge is 2.11. The fourth-order valence-electron chi connectivity index (χ4n) is 1.40. The average Bonchev–Trinajstić information content (AvgIpc) is 2.34. The van der Waals surface area contributed by atoms with Crippen LogP contribution in [0.25, 0.3) is 0 Å². The van der Waals surface area contributed by atoms with Gasteiger partial charge in [0.2, 0.25) is 0 Å². The molecule has 92 valence electrons. The predicted octanol–water partition coefficient (Wildman–Crippen LogP) is 3.33. The van der Waals surface area contributed by atoms with E-state index >= 15 is 0 Å². The summed E-state index contributed by atoms with van der Waals surface area (Å²) in [4.78, 5) is 15.8. The zero-order valence-electron chi connectivity index (χ0n) is 9.15. The molecule has 0 saturated heterocycles. The minimum absolute atomic E-state index is 0.308. The Bertz CT molecular complexity index is 604. The predicted molar refractivity (Wildman–Crippen MR) is 75.8 cm³/mol. The number of hydrogen-bond donors (Lipinski definition) is 2. The lowest BCUT2D eigenvalue weighted by Crippen LogP contribution is -2.14. The Morgan fingerprint density at radius 1 is 1.39 bits per heavy atom. The van der Waals surface area contributed by atoms with E-state index in [-0.39, 0.29) is 5.91 Å². The molecule has 4 nitrogen and oxygen atoms in total. The molecule has 2 rings (SSSR count). The van der Waals surface area contributed by atoms with Gasteiger partial charge in [-0.3, -0.25) is 9.78 Å². The Labute approximate surface area is 117 Å². The van der Waals surface area contributed by atoms with Gasteiger partial charge < -0.3 is 11.1 Å². The number of nitrogens with two attached hydrogens (primary N) is 1. The molecule has 0 unspecified atom stereocenters. The summed E-state index contributed by atoms with van der Waals surface area (Å²) in [6, 6.07) is 6.69. The second kappa shape index (κ2) is 5.37. The molecule has 1 aromatic carbocycles. The zero-order valence-corrected chi connectivity index (χ0v) is 11.5. The Hall–Kier alpha value is -1.59. The van der Waals surface area contributed by atoms with Crippen molar-refractivity contribution in [1.82, 2.24) is 4.98 Å². The molecule has 1 heterocycles. The van der Waals surface area contributed by atoms with Gasteiger partial charge in [0.25, 0.3) is 5.91 Å².